The zero-order chi connectivity index (χ0) is 18.4. The number of nitrogens with zero attached hydrogens (tertiary/aromatic N) is 1. The van der Waals surface area contributed by atoms with E-state index in [1.165, 1.54) is 49.7 Å². The molecular formula is C26H21N. The number of aryl methyl sites for hydroxylation is 2. The van der Waals surface area contributed by atoms with Crippen molar-refractivity contribution in [2.24, 2.45) is 0 Å². The minimum Gasteiger partial charge on any atom is -0.309 e. The summed E-state index contributed by atoms with van der Waals surface area (Å²) in [6, 6.07) is 32.6. The van der Waals surface area contributed by atoms with Gasteiger partial charge in [-0.3, -0.25) is 0 Å². The first-order valence-corrected chi connectivity index (χ1v) is 9.40. The molecular weight excluding hydrogens is 326 g/mol. The number of benzene rings is 4. The smallest absolute Gasteiger partial charge is 0.0547 e. The molecule has 0 atom stereocenters. The summed E-state index contributed by atoms with van der Waals surface area (Å²) in [5, 5.41) is 2.64. The summed E-state index contributed by atoms with van der Waals surface area (Å²) in [4.78, 5) is 0. The van der Waals surface area contributed by atoms with Crippen molar-refractivity contribution in [3.05, 3.63) is 102 Å². The zero-order valence-corrected chi connectivity index (χ0v) is 15.6. The van der Waals surface area contributed by atoms with Gasteiger partial charge in [0.25, 0.3) is 0 Å². The Kier molecular flexibility index (Phi) is 3.61. The third-order valence-electron chi connectivity index (χ3n) is 5.48. The summed E-state index contributed by atoms with van der Waals surface area (Å²) in [6.07, 6.45) is 0. The lowest BCUT2D eigenvalue weighted by Crippen LogP contribution is -1.94. The molecule has 0 saturated carbocycles. The topological polar surface area (TPSA) is 4.93 Å². The summed E-state index contributed by atoms with van der Waals surface area (Å²) in [5.74, 6) is 0. The summed E-state index contributed by atoms with van der Waals surface area (Å²) < 4.78 is 2.38. The lowest BCUT2D eigenvalue weighted by Gasteiger charge is -2.13. The second kappa shape index (κ2) is 6.14. The van der Waals surface area contributed by atoms with Crippen LogP contribution in [0.2, 0.25) is 0 Å². The molecule has 0 fully saturated rings. The molecule has 0 unspecified atom stereocenters. The molecule has 27 heavy (non-hydrogen) atoms. The Hall–Kier alpha value is -3.32. The molecule has 1 heteroatoms. The van der Waals surface area contributed by atoms with Crippen LogP contribution in [0.4, 0.5) is 0 Å². The van der Waals surface area contributed by atoms with Crippen LogP contribution in [0.15, 0.2) is 91.0 Å². The molecule has 1 nitrogen and oxygen atoms in total. The molecule has 4 aromatic carbocycles. The highest BCUT2D eigenvalue weighted by Crippen LogP contribution is 2.40. The van der Waals surface area contributed by atoms with Crippen LogP contribution in [0.25, 0.3) is 38.6 Å². The summed E-state index contributed by atoms with van der Waals surface area (Å²) in [6.45, 7) is 4.42. The molecule has 0 bridgehead atoms. The fraction of sp³-hybridized carbons (Fsp3) is 0.0769. The van der Waals surface area contributed by atoms with Crippen molar-refractivity contribution >= 4 is 21.8 Å². The average Bonchev–Trinajstić information content (AvgIpc) is 3.04. The maximum absolute atomic E-state index is 2.38. The number of fused-ring (bicyclic) bond motifs is 3. The van der Waals surface area contributed by atoms with Gasteiger partial charge in [-0.1, -0.05) is 66.7 Å². The fourth-order valence-corrected chi connectivity index (χ4v) is 4.22. The van der Waals surface area contributed by atoms with Gasteiger partial charge in [-0.2, -0.15) is 0 Å². The van der Waals surface area contributed by atoms with Crippen LogP contribution >= 0.6 is 0 Å². The normalized spacial score (nSPS) is 11.3. The predicted octanol–water partition coefficient (Wildman–Crippen LogP) is 7.07. The maximum atomic E-state index is 2.38. The van der Waals surface area contributed by atoms with Crippen molar-refractivity contribution in [3.8, 4) is 16.8 Å². The van der Waals surface area contributed by atoms with Gasteiger partial charge < -0.3 is 4.57 Å². The highest BCUT2D eigenvalue weighted by atomic mass is 15.0. The molecule has 0 aliphatic carbocycles. The van der Waals surface area contributed by atoms with E-state index < -0.39 is 0 Å². The number of hydrogen-bond donors (Lipinski definition) is 0. The molecule has 0 saturated heterocycles. The minimum absolute atomic E-state index is 1.20. The van der Waals surface area contributed by atoms with Crippen LogP contribution in [0.5, 0.6) is 0 Å². The van der Waals surface area contributed by atoms with Crippen LogP contribution in [0.1, 0.15) is 11.1 Å². The van der Waals surface area contributed by atoms with Gasteiger partial charge >= 0.3 is 0 Å². The molecule has 0 radical (unpaired) electrons. The van der Waals surface area contributed by atoms with Crippen LogP contribution in [0.3, 0.4) is 0 Å². The van der Waals surface area contributed by atoms with Crippen molar-refractivity contribution in [1.29, 1.82) is 0 Å². The third-order valence-corrected chi connectivity index (χ3v) is 5.48. The predicted molar refractivity (Wildman–Crippen MR) is 116 cm³/mol. The molecule has 0 spiro atoms. The Balaban J connectivity index is 2.00. The highest BCUT2D eigenvalue weighted by Gasteiger charge is 2.18. The Morgan fingerprint density at radius 3 is 2.07 bits per heavy atom. The first-order chi connectivity index (χ1) is 13.3. The van der Waals surface area contributed by atoms with Gasteiger partial charge in [0.15, 0.2) is 0 Å². The molecule has 0 aliphatic rings. The van der Waals surface area contributed by atoms with Gasteiger partial charge in [-0.05, 0) is 60.4 Å². The Bertz CT molecular complexity index is 1280. The van der Waals surface area contributed by atoms with E-state index in [2.05, 4.69) is 109 Å². The van der Waals surface area contributed by atoms with Gasteiger partial charge in [0.1, 0.15) is 0 Å². The standard InChI is InChI=1S/C26H21N/c1-18-10-6-7-13-21(18)25-19(2)16-17-24-26(25)22-14-8-9-15-23(22)27(24)20-11-4-3-5-12-20/h3-17H,1-2H3. The van der Waals surface area contributed by atoms with Crippen LogP contribution in [0, 0.1) is 13.8 Å². The van der Waals surface area contributed by atoms with E-state index in [1.54, 1.807) is 0 Å². The second-order valence-corrected chi connectivity index (χ2v) is 7.15. The SMILES string of the molecule is Cc1ccccc1-c1c(C)ccc2c1c1ccccc1n2-c1ccccc1. The van der Waals surface area contributed by atoms with Crippen LogP contribution in [-0.2, 0) is 0 Å². The molecule has 130 valence electrons. The largest absolute Gasteiger partial charge is 0.309 e. The van der Waals surface area contributed by atoms with E-state index in [9.17, 15) is 0 Å². The van der Waals surface area contributed by atoms with E-state index in [0.29, 0.717) is 0 Å². The van der Waals surface area contributed by atoms with Gasteiger partial charge in [-0.15, -0.1) is 0 Å². The zero-order valence-electron chi connectivity index (χ0n) is 15.6. The molecule has 0 N–H and O–H groups in total. The van der Waals surface area contributed by atoms with Crippen molar-refractivity contribution < 1.29 is 0 Å². The number of para-hydroxylation sites is 2. The van der Waals surface area contributed by atoms with Crippen molar-refractivity contribution in [1.82, 2.24) is 4.57 Å². The van der Waals surface area contributed by atoms with Gasteiger partial charge in [0.05, 0.1) is 11.0 Å². The lowest BCUT2D eigenvalue weighted by molar-refractivity contribution is 1.18. The van der Waals surface area contributed by atoms with Crippen LogP contribution in [-0.4, -0.2) is 4.57 Å². The minimum atomic E-state index is 1.20. The number of rotatable bonds is 2. The molecule has 0 aliphatic heterocycles. The molecule has 5 rings (SSSR count). The van der Waals surface area contributed by atoms with E-state index in [-0.39, 0.29) is 0 Å². The van der Waals surface area contributed by atoms with E-state index in [0.717, 1.165) is 0 Å². The average molecular weight is 347 g/mol. The first kappa shape index (κ1) is 15.9. The molecule has 1 aromatic heterocycles. The molecule has 1 heterocycles. The third kappa shape index (κ3) is 2.39. The highest BCUT2D eigenvalue weighted by molar-refractivity contribution is 6.16. The Morgan fingerprint density at radius 1 is 0.556 bits per heavy atom. The Morgan fingerprint density at radius 2 is 1.26 bits per heavy atom. The van der Waals surface area contributed by atoms with Gasteiger partial charge in [0.2, 0.25) is 0 Å². The van der Waals surface area contributed by atoms with Gasteiger partial charge in [-0.25, -0.2) is 0 Å². The first-order valence-electron chi connectivity index (χ1n) is 9.40. The lowest BCUT2D eigenvalue weighted by atomic mass is 9.92. The quantitative estimate of drug-likeness (QED) is 0.322. The van der Waals surface area contributed by atoms with E-state index in [1.807, 2.05) is 0 Å². The number of aromatic nitrogens is 1. The van der Waals surface area contributed by atoms with Crippen molar-refractivity contribution in [3.63, 3.8) is 0 Å². The maximum Gasteiger partial charge on any atom is 0.0547 e. The van der Waals surface area contributed by atoms with Crippen molar-refractivity contribution in [2.45, 2.75) is 13.8 Å². The Labute approximate surface area is 159 Å². The molecule has 0 amide bonds. The summed E-state index contributed by atoms with van der Waals surface area (Å²) in [7, 11) is 0. The number of hydrogen-bond acceptors (Lipinski definition) is 0. The summed E-state index contributed by atoms with van der Waals surface area (Å²) in [5.41, 5.74) is 8.99. The van der Waals surface area contributed by atoms with Crippen molar-refractivity contribution in [2.75, 3.05) is 0 Å². The van der Waals surface area contributed by atoms with E-state index in [4.69, 9.17) is 0 Å². The van der Waals surface area contributed by atoms with Crippen LogP contribution < -0.4 is 0 Å². The molecule has 5 aromatic rings. The fourth-order valence-electron chi connectivity index (χ4n) is 4.22. The second-order valence-electron chi connectivity index (χ2n) is 7.15. The van der Waals surface area contributed by atoms with E-state index >= 15 is 0 Å². The summed E-state index contributed by atoms with van der Waals surface area (Å²) >= 11 is 0. The van der Waals surface area contributed by atoms with Gasteiger partial charge in [0, 0.05) is 16.5 Å². The monoisotopic (exact) mass is 347 g/mol.